The summed E-state index contributed by atoms with van der Waals surface area (Å²) in [6.07, 6.45) is -0.180. The van der Waals surface area contributed by atoms with E-state index in [-0.39, 0.29) is 40.8 Å². The van der Waals surface area contributed by atoms with E-state index in [4.69, 9.17) is 4.74 Å². The number of para-hydroxylation sites is 1. The zero-order chi connectivity index (χ0) is 21.1. The van der Waals surface area contributed by atoms with Gasteiger partial charge in [0, 0.05) is 58.5 Å². The Morgan fingerprint density at radius 3 is 2.21 bits per heavy atom. The van der Waals surface area contributed by atoms with Crippen molar-refractivity contribution < 1.29 is 37.1 Å². The molecule has 0 aliphatic heterocycles. The number of nitrogens with zero attached hydrogens (tertiary/aromatic N) is 3. The molecule has 8 heteroatoms. The van der Waals surface area contributed by atoms with Gasteiger partial charge in [0.25, 0.3) is 0 Å². The van der Waals surface area contributed by atoms with Gasteiger partial charge in [0.2, 0.25) is 0 Å². The molecule has 0 saturated carbocycles. The second-order valence-electron chi connectivity index (χ2n) is 7.61. The second kappa shape index (κ2) is 15.0. The zero-order valence-electron chi connectivity index (χ0n) is 18.5. The van der Waals surface area contributed by atoms with E-state index < -0.39 is 0 Å². The van der Waals surface area contributed by atoms with E-state index in [0.29, 0.717) is 18.7 Å². The molecule has 0 amide bonds. The van der Waals surface area contributed by atoms with E-state index in [2.05, 4.69) is 28.5 Å². The van der Waals surface area contributed by atoms with Gasteiger partial charge in [-0.15, -0.1) is 0 Å². The van der Waals surface area contributed by atoms with Crippen molar-refractivity contribution >= 4 is 0 Å². The van der Waals surface area contributed by atoms with Gasteiger partial charge in [-0.2, -0.15) is 0 Å². The van der Waals surface area contributed by atoms with Gasteiger partial charge in [0.15, 0.2) is 11.5 Å². The van der Waals surface area contributed by atoms with Gasteiger partial charge in [0.1, 0.15) is 0 Å². The molecule has 1 aromatic carbocycles. The van der Waals surface area contributed by atoms with Crippen LogP contribution in [-0.2, 0) is 28.4 Å². The van der Waals surface area contributed by atoms with Gasteiger partial charge in [0.05, 0.1) is 12.2 Å². The number of likely N-dealkylation sites (N-methyl/N-ethyl adjacent to an activating group) is 2. The molecule has 0 bridgehead atoms. The first-order valence-electron chi connectivity index (χ1n) is 10.1. The van der Waals surface area contributed by atoms with Gasteiger partial charge in [-0.25, -0.2) is 0 Å². The predicted octanol–water partition coefficient (Wildman–Crippen LogP) is 1.57. The summed E-state index contributed by atoms with van der Waals surface area (Å²) in [7, 11) is 3.72. The van der Waals surface area contributed by atoms with E-state index >= 15 is 0 Å². The maximum atomic E-state index is 10.2. The standard InChI is InChI=1S/C21H39N3O4.Fe/c1-6-23(15-18(3)28-5)12-13-24(11-10-22(4)14-17(2)25)16-19-8-7-9-20(26)21(19)27;/h7-9,17-18,25-27H,6,10-16H2,1-5H3;/q;+2/t17-,18-;/m0./s1. The number of hydrogen-bond acceptors (Lipinski definition) is 7. The molecule has 0 aliphatic carbocycles. The SMILES string of the molecule is CCN(CCN(CCN(C)C[C@H](C)O)Cc1cccc(O)c1O)C[C@H](C)OC.[Fe+2]. The van der Waals surface area contributed by atoms with Gasteiger partial charge in [-0.3, -0.25) is 9.80 Å². The summed E-state index contributed by atoms with van der Waals surface area (Å²) in [4.78, 5) is 6.72. The molecule has 0 aromatic heterocycles. The number of aliphatic hydroxyl groups is 1. The van der Waals surface area contributed by atoms with Gasteiger partial charge in [-0.05, 0) is 33.5 Å². The molecule has 168 valence electrons. The summed E-state index contributed by atoms with van der Waals surface area (Å²) in [5.41, 5.74) is 0.714. The molecule has 1 rings (SSSR count). The third-order valence-electron chi connectivity index (χ3n) is 4.96. The van der Waals surface area contributed by atoms with Crippen molar-refractivity contribution in [2.75, 3.05) is 60.0 Å². The topological polar surface area (TPSA) is 79.6 Å². The Bertz CT molecular complexity index is 563. The van der Waals surface area contributed by atoms with Crippen LogP contribution in [0, 0.1) is 0 Å². The van der Waals surface area contributed by atoms with Crippen LogP contribution in [0.25, 0.3) is 0 Å². The van der Waals surface area contributed by atoms with Crippen LogP contribution >= 0.6 is 0 Å². The molecule has 2 atom stereocenters. The van der Waals surface area contributed by atoms with Crippen molar-refractivity contribution in [2.45, 2.75) is 39.5 Å². The summed E-state index contributed by atoms with van der Waals surface area (Å²) in [6.45, 7) is 12.3. The number of methoxy groups -OCH3 is 1. The summed E-state index contributed by atoms with van der Waals surface area (Å²) in [5, 5.41) is 29.5. The predicted molar refractivity (Wildman–Crippen MR) is 113 cm³/mol. The van der Waals surface area contributed by atoms with Crippen LogP contribution in [0.1, 0.15) is 26.3 Å². The minimum absolute atomic E-state index is 0. The maximum absolute atomic E-state index is 10.2. The Kier molecular flexibility index (Phi) is 14.6. The zero-order valence-corrected chi connectivity index (χ0v) is 19.6. The maximum Gasteiger partial charge on any atom is 2.00 e. The van der Waals surface area contributed by atoms with Crippen molar-refractivity contribution in [3.8, 4) is 11.5 Å². The molecule has 0 radical (unpaired) electrons. The monoisotopic (exact) mass is 453 g/mol. The fourth-order valence-corrected chi connectivity index (χ4v) is 3.17. The third-order valence-corrected chi connectivity index (χ3v) is 4.96. The van der Waals surface area contributed by atoms with Crippen LogP contribution in [-0.4, -0.2) is 102 Å². The molecule has 0 unspecified atom stereocenters. The van der Waals surface area contributed by atoms with Crippen molar-refractivity contribution in [3.05, 3.63) is 23.8 Å². The summed E-state index contributed by atoms with van der Waals surface area (Å²) < 4.78 is 5.38. The van der Waals surface area contributed by atoms with E-state index in [1.54, 1.807) is 20.1 Å². The minimum Gasteiger partial charge on any atom is -0.504 e. The molecule has 0 heterocycles. The molecular weight excluding hydrogens is 414 g/mol. The van der Waals surface area contributed by atoms with Crippen molar-refractivity contribution in [1.82, 2.24) is 14.7 Å². The Morgan fingerprint density at radius 2 is 1.62 bits per heavy atom. The molecule has 0 spiro atoms. The van der Waals surface area contributed by atoms with Crippen LogP contribution in [0.4, 0.5) is 0 Å². The fraction of sp³-hybridized carbons (Fsp3) is 0.714. The number of phenols is 2. The van der Waals surface area contributed by atoms with Crippen molar-refractivity contribution in [1.29, 1.82) is 0 Å². The Morgan fingerprint density at radius 1 is 1.00 bits per heavy atom. The van der Waals surface area contributed by atoms with E-state index in [9.17, 15) is 15.3 Å². The summed E-state index contributed by atoms with van der Waals surface area (Å²) >= 11 is 0. The molecule has 7 nitrogen and oxygen atoms in total. The largest absolute Gasteiger partial charge is 2.00 e. The third kappa shape index (κ3) is 11.2. The smallest absolute Gasteiger partial charge is 0.504 e. The average Bonchev–Trinajstić information content (AvgIpc) is 2.65. The van der Waals surface area contributed by atoms with Crippen LogP contribution < -0.4 is 0 Å². The fourth-order valence-electron chi connectivity index (χ4n) is 3.17. The van der Waals surface area contributed by atoms with Crippen LogP contribution in [0.5, 0.6) is 11.5 Å². The van der Waals surface area contributed by atoms with E-state index in [1.165, 1.54) is 6.07 Å². The number of rotatable bonds is 14. The first-order chi connectivity index (χ1) is 13.3. The summed E-state index contributed by atoms with van der Waals surface area (Å²) in [5.74, 6) is -0.141. The first-order valence-corrected chi connectivity index (χ1v) is 10.1. The van der Waals surface area contributed by atoms with Crippen molar-refractivity contribution in [3.63, 3.8) is 0 Å². The normalized spacial score (nSPS) is 13.7. The second-order valence-corrected chi connectivity index (χ2v) is 7.61. The van der Waals surface area contributed by atoms with Crippen molar-refractivity contribution in [2.24, 2.45) is 0 Å². The molecule has 3 N–H and O–H groups in total. The Balaban J connectivity index is 0.00000784. The summed E-state index contributed by atoms with van der Waals surface area (Å²) in [6, 6.07) is 5.08. The first kappa shape index (κ1) is 28.1. The average molecular weight is 453 g/mol. The molecule has 29 heavy (non-hydrogen) atoms. The number of phenolic OH excluding ortho intramolecular Hbond substituents is 2. The molecule has 0 aliphatic rings. The van der Waals surface area contributed by atoms with Gasteiger partial charge >= 0.3 is 17.1 Å². The van der Waals surface area contributed by atoms with Gasteiger partial charge < -0.3 is 25.0 Å². The molecule has 1 aromatic rings. The van der Waals surface area contributed by atoms with E-state index in [1.807, 2.05) is 13.1 Å². The number of benzene rings is 1. The Hall–Kier alpha value is -0.861. The number of aliphatic hydroxyl groups excluding tert-OH is 1. The molecular formula is C21H39FeN3O4+2. The van der Waals surface area contributed by atoms with Crippen LogP contribution in [0.15, 0.2) is 18.2 Å². The molecule has 0 saturated heterocycles. The number of aromatic hydroxyl groups is 2. The molecule has 0 fully saturated rings. The minimum atomic E-state index is -0.361. The number of ether oxygens (including phenoxy) is 1. The van der Waals surface area contributed by atoms with Crippen LogP contribution in [0.3, 0.4) is 0 Å². The van der Waals surface area contributed by atoms with Crippen LogP contribution in [0.2, 0.25) is 0 Å². The van der Waals surface area contributed by atoms with E-state index in [0.717, 1.165) is 39.3 Å². The number of hydrogen-bond donors (Lipinski definition) is 3. The Labute approximate surface area is 186 Å². The quantitative estimate of drug-likeness (QED) is 0.292. The van der Waals surface area contributed by atoms with Gasteiger partial charge in [-0.1, -0.05) is 19.1 Å².